The summed E-state index contributed by atoms with van der Waals surface area (Å²) in [4.78, 5) is 52.3. The van der Waals surface area contributed by atoms with Gasteiger partial charge in [-0.15, -0.1) is 0 Å². The van der Waals surface area contributed by atoms with Crippen LogP contribution in [0.25, 0.3) is 22.3 Å². The van der Waals surface area contributed by atoms with E-state index in [1.54, 1.807) is 0 Å². The number of nitrogens with one attached hydrogen (secondary N) is 3. The molecule has 0 radical (unpaired) electrons. The van der Waals surface area contributed by atoms with Gasteiger partial charge in [0.15, 0.2) is 0 Å². The number of pyridine rings is 1. The number of ketones is 1. The second kappa shape index (κ2) is 7.24. The first kappa shape index (κ1) is 17.9. The highest BCUT2D eigenvalue weighted by Crippen LogP contribution is 2.33. The third kappa shape index (κ3) is 3.03. The quantitative estimate of drug-likeness (QED) is 0.425. The van der Waals surface area contributed by atoms with Crippen LogP contribution < -0.4 is 15.6 Å². The third-order valence-electron chi connectivity index (χ3n) is 4.65. The lowest BCUT2D eigenvalue weighted by atomic mass is 10.1. The van der Waals surface area contributed by atoms with Crippen LogP contribution in [0.4, 0.5) is 0 Å². The summed E-state index contributed by atoms with van der Waals surface area (Å²) < 4.78 is 5.36. The Bertz CT molecular complexity index is 1090. The van der Waals surface area contributed by atoms with Gasteiger partial charge >= 0.3 is 0 Å². The molecule has 0 atom stereocenters. The Balaban J connectivity index is 1.80. The van der Waals surface area contributed by atoms with E-state index in [1.165, 1.54) is 30.6 Å². The first-order valence-corrected chi connectivity index (χ1v) is 8.73. The maximum absolute atomic E-state index is 12.9. The lowest BCUT2D eigenvalue weighted by Gasteiger charge is -2.26. The van der Waals surface area contributed by atoms with Gasteiger partial charge in [-0.3, -0.25) is 14.4 Å². The number of ether oxygens (including phenoxy) is 1. The summed E-state index contributed by atoms with van der Waals surface area (Å²) in [5.41, 5.74) is 1.22. The largest absolute Gasteiger partial charge is 0.494 e. The van der Waals surface area contributed by atoms with Crippen molar-refractivity contribution >= 4 is 22.6 Å². The fourth-order valence-electron chi connectivity index (χ4n) is 3.24. The number of Topliss-reactive ketones (excluding diaryl/α,β-unsaturated/α-hetero) is 1. The van der Waals surface area contributed by atoms with Crippen LogP contribution in [0.5, 0.6) is 5.75 Å². The lowest BCUT2D eigenvalue weighted by molar-refractivity contribution is -0.126. The van der Waals surface area contributed by atoms with Gasteiger partial charge in [0.1, 0.15) is 17.1 Å². The van der Waals surface area contributed by atoms with E-state index in [0.29, 0.717) is 54.2 Å². The number of carbonyl (C=O) groups excluding carboxylic acids is 2. The summed E-state index contributed by atoms with van der Waals surface area (Å²) in [6.45, 7) is 2.28. The van der Waals surface area contributed by atoms with Crippen LogP contribution in [0.1, 0.15) is 10.4 Å². The van der Waals surface area contributed by atoms with E-state index in [-0.39, 0.29) is 11.1 Å². The Labute approximate surface area is 158 Å². The minimum atomic E-state index is -0.613. The number of nitrogens with zero attached hydrogens (tertiary/aromatic N) is 3. The van der Waals surface area contributed by atoms with Crippen molar-refractivity contribution < 1.29 is 14.3 Å². The molecule has 3 aromatic rings. The average molecular weight is 382 g/mol. The van der Waals surface area contributed by atoms with E-state index in [1.807, 2.05) is 0 Å². The van der Waals surface area contributed by atoms with Crippen molar-refractivity contribution in [1.82, 2.24) is 30.2 Å². The van der Waals surface area contributed by atoms with Crippen molar-refractivity contribution in [3.63, 3.8) is 0 Å². The number of piperazine rings is 1. The van der Waals surface area contributed by atoms with Crippen LogP contribution in [0, 0.1) is 0 Å². The highest BCUT2D eigenvalue weighted by atomic mass is 16.5. The van der Waals surface area contributed by atoms with Gasteiger partial charge < -0.3 is 24.9 Å². The summed E-state index contributed by atoms with van der Waals surface area (Å²) in [5, 5.41) is 3.60. The van der Waals surface area contributed by atoms with E-state index >= 15 is 0 Å². The summed E-state index contributed by atoms with van der Waals surface area (Å²) in [7, 11) is 1.47. The van der Waals surface area contributed by atoms with Crippen LogP contribution in [0.3, 0.4) is 0 Å². The smallest absolute Gasteiger partial charge is 0.295 e. The number of hydrogen-bond donors (Lipinski definition) is 3. The van der Waals surface area contributed by atoms with E-state index < -0.39 is 11.7 Å². The summed E-state index contributed by atoms with van der Waals surface area (Å²) in [6.07, 6.45) is 5.53. The van der Waals surface area contributed by atoms with Gasteiger partial charge in [0.2, 0.25) is 0 Å². The first-order valence-electron chi connectivity index (χ1n) is 8.73. The second-order valence-corrected chi connectivity index (χ2v) is 6.30. The number of aromatic nitrogens is 4. The molecule has 0 aliphatic carbocycles. The molecule has 1 fully saturated rings. The normalized spacial score (nSPS) is 14.2. The fourth-order valence-corrected chi connectivity index (χ4v) is 3.24. The van der Waals surface area contributed by atoms with Crippen LogP contribution in [0.2, 0.25) is 0 Å². The Kier molecular flexibility index (Phi) is 4.62. The van der Waals surface area contributed by atoms with Gasteiger partial charge in [-0.05, 0) is 0 Å². The molecule has 10 heteroatoms. The standard InChI is InChI=1S/C18H18N6O4/c1-28-12-8-23-15(11-7-21-13(25)9-20-11)16-14(12)10(6-22-16)17(26)18(27)24-4-2-19-3-5-24/h6-9,19,22H,2-5H2,1H3,(H,21,25). The molecule has 3 aromatic heterocycles. The number of amides is 1. The van der Waals surface area contributed by atoms with E-state index in [9.17, 15) is 14.4 Å². The van der Waals surface area contributed by atoms with Crippen molar-refractivity contribution in [3.8, 4) is 17.1 Å². The van der Waals surface area contributed by atoms with Crippen molar-refractivity contribution in [2.75, 3.05) is 33.3 Å². The summed E-state index contributed by atoms with van der Waals surface area (Å²) in [5.74, 6) is -0.802. The highest BCUT2D eigenvalue weighted by molar-refractivity contribution is 6.45. The van der Waals surface area contributed by atoms with Gasteiger partial charge in [-0.2, -0.15) is 0 Å². The van der Waals surface area contributed by atoms with Crippen LogP contribution in [-0.2, 0) is 4.79 Å². The number of methoxy groups -OCH3 is 1. The maximum Gasteiger partial charge on any atom is 0.295 e. The molecule has 144 valence electrons. The van der Waals surface area contributed by atoms with Gasteiger partial charge in [-0.1, -0.05) is 0 Å². The van der Waals surface area contributed by atoms with Crippen LogP contribution in [0.15, 0.2) is 29.6 Å². The Morgan fingerprint density at radius 3 is 2.57 bits per heavy atom. The summed E-state index contributed by atoms with van der Waals surface area (Å²) >= 11 is 0. The van der Waals surface area contributed by atoms with E-state index in [2.05, 4.69) is 25.3 Å². The van der Waals surface area contributed by atoms with Gasteiger partial charge in [-0.25, -0.2) is 9.97 Å². The number of rotatable bonds is 4. The minimum absolute atomic E-state index is 0.212. The molecule has 0 aromatic carbocycles. The zero-order valence-electron chi connectivity index (χ0n) is 15.1. The number of H-pyrrole nitrogens is 2. The minimum Gasteiger partial charge on any atom is -0.494 e. The maximum atomic E-state index is 12.9. The van der Waals surface area contributed by atoms with Gasteiger partial charge in [0.05, 0.1) is 36.0 Å². The van der Waals surface area contributed by atoms with Crippen molar-refractivity contribution in [3.05, 3.63) is 40.7 Å². The zero-order chi connectivity index (χ0) is 19.7. The molecule has 10 nitrogen and oxygen atoms in total. The monoisotopic (exact) mass is 382 g/mol. The third-order valence-corrected chi connectivity index (χ3v) is 4.65. The molecule has 1 aliphatic rings. The average Bonchev–Trinajstić information content (AvgIpc) is 3.18. The Hall–Kier alpha value is -3.53. The Morgan fingerprint density at radius 2 is 1.89 bits per heavy atom. The SMILES string of the molecule is COc1cnc(-c2c[nH]c(=O)cn2)c2[nH]cc(C(=O)C(=O)N3CCNCC3)c12. The second-order valence-electron chi connectivity index (χ2n) is 6.30. The molecule has 1 saturated heterocycles. The van der Waals surface area contributed by atoms with Crippen molar-refractivity contribution in [1.29, 1.82) is 0 Å². The van der Waals surface area contributed by atoms with Crippen LogP contribution in [-0.4, -0.2) is 69.8 Å². The number of fused-ring (bicyclic) bond motifs is 1. The molecule has 28 heavy (non-hydrogen) atoms. The zero-order valence-corrected chi connectivity index (χ0v) is 15.1. The Morgan fingerprint density at radius 1 is 1.11 bits per heavy atom. The topological polar surface area (TPSA) is 133 Å². The molecular formula is C18H18N6O4. The molecule has 0 bridgehead atoms. The predicted molar refractivity (Wildman–Crippen MR) is 100 cm³/mol. The highest BCUT2D eigenvalue weighted by Gasteiger charge is 2.28. The lowest BCUT2D eigenvalue weighted by Crippen LogP contribution is -2.48. The van der Waals surface area contributed by atoms with E-state index in [0.717, 1.165) is 6.20 Å². The molecule has 0 saturated carbocycles. The van der Waals surface area contributed by atoms with Gasteiger partial charge in [0.25, 0.3) is 17.2 Å². The molecule has 3 N–H and O–H groups in total. The first-order chi connectivity index (χ1) is 13.6. The molecule has 1 aliphatic heterocycles. The fraction of sp³-hybridized carbons (Fsp3) is 0.278. The number of aromatic amines is 2. The van der Waals surface area contributed by atoms with Gasteiger partial charge in [0, 0.05) is 38.6 Å². The molecule has 4 rings (SSSR count). The number of carbonyl (C=O) groups is 2. The molecule has 0 spiro atoms. The molecule has 0 unspecified atom stereocenters. The molecule has 1 amide bonds. The summed E-state index contributed by atoms with van der Waals surface area (Å²) in [6, 6.07) is 0. The van der Waals surface area contributed by atoms with Crippen molar-refractivity contribution in [2.45, 2.75) is 0 Å². The predicted octanol–water partition coefficient (Wildman–Crippen LogP) is -0.0637. The molecular weight excluding hydrogens is 364 g/mol. The number of hydrogen-bond acceptors (Lipinski definition) is 7. The van der Waals surface area contributed by atoms with Crippen LogP contribution >= 0.6 is 0 Å². The molecule has 4 heterocycles. The van der Waals surface area contributed by atoms with Crippen molar-refractivity contribution in [2.24, 2.45) is 0 Å². The van der Waals surface area contributed by atoms with E-state index in [4.69, 9.17) is 4.74 Å².